The van der Waals surface area contributed by atoms with Gasteiger partial charge in [0.25, 0.3) is 0 Å². The molecule has 0 radical (unpaired) electrons. The normalized spacial score (nSPS) is 10.2. The van der Waals surface area contributed by atoms with E-state index in [2.05, 4.69) is 5.92 Å². The number of hydrogen-bond acceptors (Lipinski definition) is 4. The Hall–Kier alpha value is -2.50. The van der Waals surface area contributed by atoms with Crippen LogP contribution in [0.3, 0.4) is 0 Å². The molecule has 0 unspecified atom stereocenters. The van der Waals surface area contributed by atoms with Crippen LogP contribution >= 0.6 is 12.2 Å². The van der Waals surface area contributed by atoms with Crippen LogP contribution in [0, 0.1) is 23.7 Å². The lowest BCUT2D eigenvalue weighted by molar-refractivity contribution is 0.331. The van der Waals surface area contributed by atoms with E-state index in [1.165, 1.54) is 7.11 Å². The maximum atomic E-state index is 8.89. The Morgan fingerprint density at radius 2 is 2.26 bits per heavy atom. The first-order valence-electron chi connectivity index (χ1n) is 5.28. The van der Waals surface area contributed by atoms with Crippen LogP contribution in [0.15, 0.2) is 23.8 Å². The Bertz CT molecular complexity index is 594. The molecule has 0 spiro atoms. The lowest BCUT2D eigenvalue weighted by atomic mass is 10.1. The fraction of sp³-hybridized carbons (Fsp3) is 0.143. The molecule has 0 aromatic heterocycles. The van der Waals surface area contributed by atoms with Gasteiger partial charge in [-0.05, 0) is 23.8 Å². The molecular weight excluding hydrogens is 260 g/mol. The van der Waals surface area contributed by atoms with Crippen LogP contribution in [0.1, 0.15) is 5.56 Å². The van der Waals surface area contributed by atoms with Crippen LogP contribution in [-0.4, -0.2) is 18.7 Å². The number of thiocarbonyl (C=S) groups is 1. The first kappa shape index (κ1) is 14.6. The molecule has 1 rings (SSSR count). The molecule has 0 atom stereocenters. The van der Waals surface area contributed by atoms with Crippen molar-refractivity contribution in [3.05, 3.63) is 29.3 Å². The summed E-state index contributed by atoms with van der Waals surface area (Å²) in [4.78, 5) is 0.0501. The quantitative estimate of drug-likeness (QED) is 0.384. The summed E-state index contributed by atoms with van der Waals surface area (Å²) in [5.74, 6) is 3.42. The third kappa shape index (κ3) is 4.02. The van der Waals surface area contributed by atoms with Gasteiger partial charge in [0.15, 0.2) is 11.5 Å². The lowest BCUT2D eigenvalue weighted by Crippen LogP contribution is -2.09. The molecule has 1 aromatic rings. The van der Waals surface area contributed by atoms with Gasteiger partial charge in [-0.15, -0.1) is 6.42 Å². The van der Waals surface area contributed by atoms with Crippen molar-refractivity contribution in [1.82, 2.24) is 0 Å². The average molecular weight is 272 g/mol. The first-order chi connectivity index (χ1) is 9.12. The van der Waals surface area contributed by atoms with Crippen LogP contribution in [0.4, 0.5) is 0 Å². The van der Waals surface area contributed by atoms with E-state index in [-0.39, 0.29) is 17.2 Å². The Morgan fingerprint density at radius 3 is 2.79 bits per heavy atom. The molecule has 0 aliphatic rings. The van der Waals surface area contributed by atoms with Crippen molar-refractivity contribution >= 4 is 23.3 Å². The smallest absolute Gasteiger partial charge is 0.162 e. The predicted molar refractivity (Wildman–Crippen MR) is 77.7 cm³/mol. The highest BCUT2D eigenvalue weighted by molar-refractivity contribution is 7.80. The Balaban J connectivity index is 3.11. The molecule has 0 aliphatic carbocycles. The number of rotatable bonds is 5. The van der Waals surface area contributed by atoms with Gasteiger partial charge in [-0.25, -0.2) is 0 Å². The Kier molecular flexibility index (Phi) is 5.40. The van der Waals surface area contributed by atoms with Crippen LogP contribution < -0.4 is 15.2 Å². The molecule has 0 amide bonds. The molecule has 0 saturated carbocycles. The van der Waals surface area contributed by atoms with E-state index < -0.39 is 0 Å². The number of nitrogens with two attached hydrogens (primary N) is 1. The molecule has 96 valence electrons. The van der Waals surface area contributed by atoms with E-state index >= 15 is 0 Å². The van der Waals surface area contributed by atoms with Gasteiger partial charge < -0.3 is 15.2 Å². The van der Waals surface area contributed by atoms with E-state index in [4.69, 9.17) is 39.1 Å². The van der Waals surface area contributed by atoms with Crippen molar-refractivity contribution in [3.63, 3.8) is 0 Å². The highest BCUT2D eigenvalue weighted by atomic mass is 32.1. The number of hydrogen-bond donors (Lipinski definition) is 1. The number of nitriles is 1. The van der Waals surface area contributed by atoms with E-state index in [1.807, 2.05) is 6.07 Å². The van der Waals surface area contributed by atoms with Crippen LogP contribution in [0.25, 0.3) is 6.08 Å². The molecule has 5 heteroatoms. The number of terminal acetylenes is 1. The number of benzene rings is 1. The maximum absolute atomic E-state index is 8.89. The largest absolute Gasteiger partial charge is 0.493 e. The molecule has 4 nitrogen and oxygen atoms in total. The molecule has 0 saturated heterocycles. The van der Waals surface area contributed by atoms with Crippen molar-refractivity contribution in [1.29, 1.82) is 5.26 Å². The third-order valence-electron chi connectivity index (χ3n) is 2.20. The SMILES string of the molecule is C#CCOc1ccc(C=C(C#N)C(N)=S)cc1OC. The standard InChI is InChI=1S/C14H12N2O2S/c1-3-6-18-12-5-4-10(8-13(12)17-2)7-11(9-15)14(16)19/h1,4-5,7-8H,6H2,2H3,(H2,16,19). The summed E-state index contributed by atoms with van der Waals surface area (Å²) < 4.78 is 10.5. The average Bonchev–Trinajstić information content (AvgIpc) is 2.42. The second-order valence-electron chi connectivity index (χ2n) is 3.44. The summed E-state index contributed by atoms with van der Waals surface area (Å²) in [6.07, 6.45) is 6.70. The molecule has 0 aliphatic heterocycles. The summed E-state index contributed by atoms with van der Waals surface area (Å²) in [5, 5.41) is 8.89. The zero-order valence-corrected chi connectivity index (χ0v) is 11.2. The third-order valence-corrected chi connectivity index (χ3v) is 2.42. The minimum atomic E-state index is 0.0501. The van der Waals surface area contributed by atoms with Gasteiger partial charge in [0.05, 0.1) is 12.7 Å². The fourth-order valence-electron chi connectivity index (χ4n) is 1.34. The zero-order chi connectivity index (χ0) is 14.3. The van der Waals surface area contributed by atoms with Crippen molar-refractivity contribution in [2.75, 3.05) is 13.7 Å². The molecule has 19 heavy (non-hydrogen) atoms. The zero-order valence-electron chi connectivity index (χ0n) is 10.3. The fourth-order valence-corrected chi connectivity index (χ4v) is 1.44. The summed E-state index contributed by atoms with van der Waals surface area (Å²) >= 11 is 4.77. The highest BCUT2D eigenvalue weighted by Gasteiger charge is 2.06. The second kappa shape index (κ2) is 7.05. The molecule has 2 N–H and O–H groups in total. The molecule has 1 aromatic carbocycles. The Morgan fingerprint density at radius 1 is 1.53 bits per heavy atom. The topological polar surface area (TPSA) is 68.3 Å². The number of ether oxygens (including phenoxy) is 2. The number of nitrogens with zero attached hydrogens (tertiary/aromatic N) is 1. The maximum Gasteiger partial charge on any atom is 0.162 e. The Labute approximate surface area is 117 Å². The van der Waals surface area contributed by atoms with Gasteiger partial charge in [-0.3, -0.25) is 0 Å². The molecule has 0 fully saturated rings. The van der Waals surface area contributed by atoms with E-state index in [0.717, 1.165) is 5.56 Å². The van der Waals surface area contributed by atoms with Crippen LogP contribution in [-0.2, 0) is 0 Å². The van der Waals surface area contributed by atoms with Crippen molar-refractivity contribution in [3.8, 4) is 29.9 Å². The second-order valence-corrected chi connectivity index (χ2v) is 3.88. The predicted octanol–water partition coefficient (Wildman–Crippen LogP) is 1.90. The minimum Gasteiger partial charge on any atom is -0.493 e. The summed E-state index contributed by atoms with van der Waals surface area (Å²) in [7, 11) is 1.52. The summed E-state index contributed by atoms with van der Waals surface area (Å²) in [5.41, 5.74) is 6.39. The monoisotopic (exact) mass is 272 g/mol. The van der Waals surface area contributed by atoms with Gasteiger partial charge >= 0.3 is 0 Å². The molecule has 0 heterocycles. The number of methoxy groups -OCH3 is 1. The van der Waals surface area contributed by atoms with Crippen LogP contribution in [0.2, 0.25) is 0 Å². The minimum absolute atomic E-state index is 0.0501. The van der Waals surface area contributed by atoms with Gasteiger partial charge in [0.2, 0.25) is 0 Å². The van der Waals surface area contributed by atoms with E-state index in [9.17, 15) is 0 Å². The summed E-state index contributed by atoms with van der Waals surface area (Å²) in [6, 6.07) is 7.10. The highest BCUT2D eigenvalue weighted by Crippen LogP contribution is 2.28. The van der Waals surface area contributed by atoms with Crippen LogP contribution in [0.5, 0.6) is 11.5 Å². The first-order valence-corrected chi connectivity index (χ1v) is 5.69. The lowest BCUT2D eigenvalue weighted by Gasteiger charge is -2.09. The van der Waals surface area contributed by atoms with Crippen molar-refractivity contribution in [2.45, 2.75) is 0 Å². The van der Waals surface area contributed by atoms with Crippen molar-refractivity contribution < 1.29 is 9.47 Å². The summed E-state index contributed by atoms with van der Waals surface area (Å²) in [6.45, 7) is 0.155. The van der Waals surface area contributed by atoms with Gasteiger partial charge in [-0.2, -0.15) is 5.26 Å². The van der Waals surface area contributed by atoms with Crippen molar-refractivity contribution in [2.24, 2.45) is 5.73 Å². The molecular formula is C14H12N2O2S. The van der Waals surface area contributed by atoms with Gasteiger partial charge in [0.1, 0.15) is 17.7 Å². The van der Waals surface area contributed by atoms with E-state index in [1.54, 1.807) is 24.3 Å². The van der Waals surface area contributed by atoms with Gasteiger partial charge in [0, 0.05) is 0 Å². The molecule has 0 bridgehead atoms. The van der Waals surface area contributed by atoms with Gasteiger partial charge in [-0.1, -0.05) is 24.2 Å². The van der Waals surface area contributed by atoms with E-state index in [0.29, 0.717) is 11.5 Å².